The molecule has 1 saturated carbocycles. The number of rotatable bonds is 8. The standard InChI is InChI=1S/C27H29Cl2F3N4O5/c1-14-8-15(2-3-17(14)25(39)40)36-23(27(30,31)32)18(9-34-36)24(38)35(13-26-6-4-16(41-26)5-7-26)12-21(37)22-19(28)10-33-11-20(22)29/h9-11,14-17H,2-8,12-13H2,1H3,(H,39,40)/t14-,15-,16-,17-,26+/m0/s1. The fourth-order valence-electron chi connectivity index (χ4n) is 6.58. The first-order valence-electron chi connectivity index (χ1n) is 13.5. The first-order valence-corrected chi connectivity index (χ1v) is 14.2. The lowest BCUT2D eigenvalue weighted by molar-refractivity contribution is -0.149. The van der Waals surface area contributed by atoms with E-state index >= 15 is 0 Å². The summed E-state index contributed by atoms with van der Waals surface area (Å²) in [5.41, 5.74) is -2.74. The number of fused-ring (bicyclic) bond motifs is 2. The topological polar surface area (TPSA) is 115 Å². The summed E-state index contributed by atoms with van der Waals surface area (Å²) in [5.74, 6) is -3.69. The van der Waals surface area contributed by atoms with Crippen LogP contribution in [0.2, 0.25) is 10.0 Å². The number of alkyl halides is 3. The van der Waals surface area contributed by atoms with Crippen LogP contribution in [0.3, 0.4) is 0 Å². The minimum Gasteiger partial charge on any atom is -0.481 e. The fraction of sp³-hybridized carbons (Fsp3) is 0.593. The summed E-state index contributed by atoms with van der Waals surface area (Å²) in [6, 6.07) is -0.740. The van der Waals surface area contributed by atoms with Crippen LogP contribution in [0.5, 0.6) is 0 Å². The number of aliphatic carboxylic acids is 1. The zero-order valence-electron chi connectivity index (χ0n) is 22.2. The number of hydrogen-bond donors (Lipinski definition) is 1. The Hall–Kier alpha value is -2.70. The van der Waals surface area contributed by atoms with Crippen LogP contribution in [-0.2, 0) is 15.7 Å². The van der Waals surface area contributed by atoms with Crippen LogP contribution in [0.25, 0.3) is 0 Å². The molecule has 2 bridgehead atoms. The fourth-order valence-corrected chi connectivity index (χ4v) is 7.16. The number of halogens is 5. The number of carbonyl (C=O) groups is 3. The van der Waals surface area contributed by atoms with Crippen molar-refractivity contribution in [3.05, 3.63) is 45.5 Å². The molecule has 9 nitrogen and oxygen atoms in total. The summed E-state index contributed by atoms with van der Waals surface area (Å²) in [5, 5.41) is 13.3. The lowest BCUT2D eigenvalue weighted by Gasteiger charge is -2.34. The van der Waals surface area contributed by atoms with E-state index in [0.29, 0.717) is 12.8 Å². The molecule has 5 rings (SSSR count). The highest BCUT2D eigenvalue weighted by molar-refractivity contribution is 6.39. The molecule has 2 aliphatic heterocycles. The third-order valence-corrected chi connectivity index (χ3v) is 9.17. The minimum absolute atomic E-state index is 0.0168. The Morgan fingerprint density at radius 2 is 1.78 bits per heavy atom. The zero-order valence-corrected chi connectivity index (χ0v) is 23.7. The molecule has 0 unspecified atom stereocenters. The van der Waals surface area contributed by atoms with Gasteiger partial charge in [0.25, 0.3) is 5.91 Å². The lowest BCUT2D eigenvalue weighted by Crippen LogP contribution is -2.47. The number of carboxylic acid groups (broad SMARTS) is 1. The van der Waals surface area contributed by atoms with Crippen molar-refractivity contribution >= 4 is 40.9 Å². The maximum Gasteiger partial charge on any atom is 0.433 e. The summed E-state index contributed by atoms with van der Waals surface area (Å²) in [6.07, 6.45) is 1.68. The maximum atomic E-state index is 14.6. The largest absolute Gasteiger partial charge is 0.481 e. The number of carboxylic acids is 1. The molecular formula is C27H29Cl2F3N4O5. The normalized spacial score (nSPS) is 27.7. The van der Waals surface area contributed by atoms with E-state index in [1.54, 1.807) is 6.92 Å². The smallest absolute Gasteiger partial charge is 0.433 e. The number of pyridine rings is 1. The van der Waals surface area contributed by atoms with Gasteiger partial charge in [-0.05, 0) is 50.9 Å². The van der Waals surface area contributed by atoms with Gasteiger partial charge in [0, 0.05) is 12.4 Å². The van der Waals surface area contributed by atoms with Crippen LogP contribution < -0.4 is 0 Å². The van der Waals surface area contributed by atoms with Gasteiger partial charge in [-0.15, -0.1) is 0 Å². The van der Waals surface area contributed by atoms with Crippen LogP contribution in [0.15, 0.2) is 18.6 Å². The van der Waals surface area contributed by atoms with Gasteiger partial charge in [0.05, 0.1) is 64.1 Å². The van der Waals surface area contributed by atoms with Gasteiger partial charge in [-0.2, -0.15) is 18.3 Å². The van der Waals surface area contributed by atoms with Crippen LogP contribution in [0, 0.1) is 11.8 Å². The Kier molecular flexibility index (Phi) is 8.12. The quantitative estimate of drug-likeness (QED) is 0.378. The predicted molar refractivity (Wildman–Crippen MR) is 141 cm³/mol. The molecule has 4 heterocycles. The zero-order chi connectivity index (χ0) is 29.7. The average molecular weight is 617 g/mol. The number of amides is 1. The number of ketones is 1. The van der Waals surface area contributed by atoms with Crippen LogP contribution in [-0.4, -0.2) is 67.2 Å². The van der Waals surface area contributed by atoms with Gasteiger partial charge in [-0.1, -0.05) is 30.1 Å². The van der Waals surface area contributed by atoms with E-state index in [-0.39, 0.29) is 53.4 Å². The van der Waals surface area contributed by atoms with Crippen molar-refractivity contribution in [3.63, 3.8) is 0 Å². The second-order valence-corrected chi connectivity index (χ2v) is 12.1. The monoisotopic (exact) mass is 616 g/mol. The first kappa shape index (κ1) is 29.8. The van der Waals surface area contributed by atoms with Gasteiger partial charge in [0.2, 0.25) is 0 Å². The van der Waals surface area contributed by atoms with E-state index in [2.05, 4.69) is 10.1 Å². The number of hydrogen-bond acceptors (Lipinski definition) is 6. The number of nitrogens with zero attached hydrogens (tertiary/aromatic N) is 4. The lowest BCUT2D eigenvalue weighted by atomic mass is 9.78. The number of ether oxygens (including phenoxy) is 1. The van der Waals surface area contributed by atoms with E-state index < -0.39 is 59.2 Å². The van der Waals surface area contributed by atoms with Crippen molar-refractivity contribution in [2.45, 2.75) is 75.8 Å². The van der Waals surface area contributed by atoms with Gasteiger partial charge >= 0.3 is 12.1 Å². The van der Waals surface area contributed by atoms with Gasteiger partial charge in [-0.25, -0.2) is 0 Å². The van der Waals surface area contributed by atoms with Crippen molar-refractivity contribution < 1.29 is 37.4 Å². The summed E-state index contributed by atoms with van der Waals surface area (Å²) in [4.78, 5) is 43.7. The van der Waals surface area contributed by atoms with E-state index in [0.717, 1.165) is 28.6 Å². The summed E-state index contributed by atoms with van der Waals surface area (Å²) in [7, 11) is 0. The minimum atomic E-state index is -4.94. The molecule has 0 spiro atoms. The highest BCUT2D eigenvalue weighted by Crippen LogP contribution is 2.45. The molecule has 41 heavy (non-hydrogen) atoms. The molecule has 222 valence electrons. The predicted octanol–water partition coefficient (Wildman–Crippen LogP) is 5.70. The molecule has 2 aromatic heterocycles. The van der Waals surface area contributed by atoms with E-state index in [9.17, 15) is 32.7 Å². The summed E-state index contributed by atoms with van der Waals surface area (Å²) >= 11 is 12.3. The van der Waals surface area contributed by atoms with Crippen LogP contribution >= 0.6 is 23.2 Å². The van der Waals surface area contributed by atoms with Gasteiger partial charge < -0.3 is 14.7 Å². The van der Waals surface area contributed by atoms with Crippen molar-refractivity contribution in [1.29, 1.82) is 0 Å². The van der Waals surface area contributed by atoms with Crippen molar-refractivity contribution in [2.24, 2.45) is 11.8 Å². The Labute approximate surface area is 243 Å². The molecule has 0 radical (unpaired) electrons. The van der Waals surface area contributed by atoms with Crippen molar-refractivity contribution in [1.82, 2.24) is 19.7 Å². The third-order valence-electron chi connectivity index (χ3n) is 8.59. The van der Waals surface area contributed by atoms with Gasteiger partial charge in [-0.3, -0.25) is 24.0 Å². The second-order valence-electron chi connectivity index (χ2n) is 11.3. The number of aromatic nitrogens is 3. The molecule has 2 saturated heterocycles. The Bertz CT molecular complexity index is 1340. The van der Waals surface area contributed by atoms with Crippen molar-refractivity contribution in [3.8, 4) is 0 Å². The molecule has 1 amide bonds. The number of carbonyl (C=O) groups excluding carboxylic acids is 2. The third kappa shape index (κ3) is 5.83. The molecule has 3 fully saturated rings. The molecule has 1 aliphatic carbocycles. The SMILES string of the molecule is C[C@H]1C[C@@H](n2ncc(C(=O)N(CC(=O)c3c(Cl)cncc3Cl)C[C@]34CC[C@H](CC3)O4)c2C(F)(F)F)CC[C@@H]1C(=O)O. The molecule has 0 aromatic carbocycles. The second kappa shape index (κ2) is 11.2. The van der Waals surface area contributed by atoms with Crippen LogP contribution in [0.1, 0.15) is 84.3 Å². The maximum absolute atomic E-state index is 14.6. The molecule has 3 atom stereocenters. The van der Waals surface area contributed by atoms with E-state index in [1.165, 1.54) is 12.4 Å². The molecule has 1 N–H and O–H groups in total. The summed E-state index contributed by atoms with van der Waals surface area (Å²) in [6.45, 7) is 1.02. The number of Topliss-reactive ketones (excluding diaryl/α,β-unsaturated/α-hetero) is 1. The highest BCUT2D eigenvalue weighted by atomic mass is 35.5. The average Bonchev–Trinajstić information content (AvgIpc) is 3.62. The van der Waals surface area contributed by atoms with Gasteiger partial charge in [0.1, 0.15) is 0 Å². The van der Waals surface area contributed by atoms with Crippen LogP contribution in [0.4, 0.5) is 13.2 Å². The Balaban J connectivity index is 1.49. The van der Waals surface area contributed by atoms with E-state index in [4.69, 9.17) is 27.9 Å². The first-order chi connectivity index (χ1) is 19.3. The highest BCUT2D eigenvalue weighted by Gasteiger charge is 2.49. The Morgan fingerprint density at radius 3 is 2.32 bits per heavy atom. The van der Waals surface area contributed by atoms with E-state index in [1.807, 2.05) is 0 Å². The molecule has 2 aromatic rings. The van der Waals surface area contributed by atoms with Crippen molar-refractivity contribution in [2.75, 3.05) is 13.1 Å². The summed E-state index contributed by atoms with van der Waals surface area (Å²) < 4.78 is 50.5. The Morgan fingerprint density at radius 1 is 1.12 bits per heavy atom. The molecule has 3 aliphatic rings. The molecule has 14 heteroatoms. The molecular weight excluding hydrogens is 588 g/mol. The van der Waals surface area contributed by atoms with Gasteiger partial charge in [0.15, 0.2) is 11.5 Å².